The van der Waals surface area contributed by atoms with Gasteiger partial charge in [-0.1, -0.05) is 30.0 Å². The summed E-state index contributed by atoms with van der Waals surface area (Å²) in [5.41, 5.74) is 6.34. The molecule has 0 bridgehead atoms. The monoisotopic (exact) mass is 294 g/mol. The van der Waals surface area contributed by atoms with Gasteiger partial charge in [-0.25, -0.2) is 0 Å². The maximum atomic E-state index is 12.1. The second-order valence-electron chi connectivity index (χ2n) is 4.59. The Kier molecular flexibility index (Phi) is 3.87. The van der Waals surface area contributed by atoms with Crippen LogP contribution in [0, 0.1) is 11.8 Å². The van der Waals surface area contributed by atoms with Gasteiger partial charge >= 0.3 is 0 Å². The van der Waals surface area contributed by atoms with E-state index in [4.69, 9.17) is 5.73 Å². The lowest BCUT2D eigenvalue weighted by Gasteiger charge is -2.08. The number of benzene rings is 1. The van der Waals surface area contributed by atoms with E-state index < -0.39 is 0 Å². The van der Waals surface area contributed by atoms with Gasteiger partial charge in [0.15, 0.2) is 0 Å². The van der Waals surface area contributed by atoms with Crippen LogP contribution in [0.4, 0.5) is 0 Å². The quantitative estimate of drug-likeness (QED) is 0.738. The number of thiophene rings is 1. The van der Waals surface area contributed by atoms with Gasteiger partial charge in [0.25, 0.3) is 5.56 Å². The average Bonchev–Trinajstić information content (AvgIpc) is 2.96. The lowest BCUT2D eigenvalue weighted by molar-refractivity contribution is 0.807. The van der Waals surface area contributed by atoms with Crippen LogP contribution in [0.15, 0.2) is 53.3 Å². The van der Waals surface area contributed by atoms with E-state index in [0.717, 1.165) is 20.7 Å². The molecule has 2 N–H and O–H groups in total. The van der Waals surface area contributed by atoms with E-state index in [9.17, 15) is 4.79 Å². The third-order valence-corrected chi connectivity index (χ3v) is 4.17. The van der Waals surface area contributed by atoms with Gasteiger partial charge in [0.05, 0.1) is 23.5 Å². The van der Waals surface area contributed by atoms with E-state index in [2.05, 4.69) is 11.8 Å². The standard InChI is InChI=1S/C17H14N2OS/c18-11-3-5-14-8-9-15(21-14)12-19-16-6-2-1-4-13(16)7-10-17(19)20/h1-2,4,6-10H,11-12,18H2. The lowest BCUT2D eigenvalue weighted by atomic mass is 10.2. The maximum Gasteiger partial charge on any atom is 0.251 e. The number of para-hydroxylation sites is 1. The normalized spacial score (nSPS) is 10.3. The first-order chi connectivity index (χ1) is 10.3. The zero-order valence-corrected chi connectivity index (χ0v) is 12.2. The molecule has 0 saturated carbocycles. The molecule has 3 nitrogen and oxygen atoms in total. The van der Waals surface area contributed by atoms with Gasteiger partial charge in [-0.3, -0.25) is 4.79 Å². The first kappa shape index (κ1) is 13.6. The van der Waals surface area contributed by atoms with Crippen molar-refractivity contribution < 1.29 is 0 Å². The molecule has 21 heavy (non-hydrogen) atoms. The molecular formula is C17H14N2OS. The summed E-state index contributed by atoms with van der Waals surface area (Å²) in [5.74, 6) is 5.86. The summed E-state index contributed by atoms with van der Waals surface area (Å²) in [5, 5.41) is 1.07. The van der Waals surface area contributed by atoms with Crippen molar-refractivity contribution in [2.45, 2.75) is 6.54 Å². The number of rotatable bonds is 2. The third-order valence-electron chi connectivity index (χ3n) is 3.19. The highest BCUT2D eigenvalue weighted by atomic mass is 32.1. The van der Waals surface area contributed by atoms with Crippen LogP contribution >= 0.6 is 11.3 Å². The molecule has 0 amide bonds. The van der Waals surface area contributed by atoms with Crippen LogP contribution in [-0.4, -0.2) is 11.1 Å². The minimum atomic E-state index is 0.0108. The summed E-state index contributed by atoms with van der Waals surface area (Å²) in [4.78, 5) is 14.2. The first-order valence-corrected chi connectivity index (χ1v) is 7.46. The summed E-state index contributed by atoms with van der Waals surface area (Å²) >= 11 is 1.60. The summed E-state index contributed by atoms with van der Waals surface area (Å²) in [6.45, 7) is 0.922. The van der Waals surface area contributed by atoms with Crippen LogP contribution in [0.5, 0.6) is 0 Å². The van der Waals surface area contributed by atoms with Crippen molar-refractivity contribution in [1.82, 2.24) is 4.57 Å². The molecule has 1 aromatic carbocycles. The number of hydrogen-bond donors (Lipinski definition) is 1. The highest BCUT2D eigenvalue weighted by Crippen LogP contribution is 2.18. The summed E-state index contributed by atoms with van der Waals surface area (Å²) < 4.78 is 1.79. The van der Waals surface area contributed by atoms with Gasteiger partial charge in [-0.2, -0.15) is 0 Å². The molecule has 0 spiro atoms. The molecule has 104 valence electrons. The molecule has 3 aromatic rings. The van der Waals surface area contributed by atoms with Crippen LogP contribution < -0.4 is 11.3 Å². The summed E-state index contributed by atoms with van der Waals surface area (Å²) in [6.07, 6.45) is 0. The van der Waals surface area contributed by atoms with Crippen LogP contribution in [0.2, 0.25) is 0 Å². The Morgan fingerprint density at radius 3 is 2.81 bits per heavy atom. The summed E-state index contributed by atoms with van der Waals surface area (Å²) in [7, 11) is 0. The summed E-state index contributed by atoms with van der Waals surface area (Å²) in [6, 6.07) is 15.4. The molecule has 0 fully saturated rings. The van der Waals surface area contributed by atoms with Crippen LogP contribution in [-0.2, 0) is 6.54 Å². The Hall–Kier alpha value is -2.35. The van der Waals surface area contributed by atoms with Crippen LogP contribution in [0.1, 0.15) is 9.75 Å². The van der Waals surface area contributed by atoms with Crippen LogP contribution in [0.25, 0.3) is 10.9 Å². The van der Waals surface area contributed by atoms with Gasteiger partial charge < -0.3 is 10.3 Å². The van der Waals surface area contributed by atoms with Gasteiger partial charge in [0.1, 0.15) is 0 Å². The van der Waals surface area contributed by atoms with Gasteiger partial charge in [-0.15, -0.1) is 11.3 Å². The van der Waals surface area contributed by atoms with Gasteiger partial charge in [0.2, 0.25) is 0 Å². The number of nitrogens with zero attached hydrogens (tertiary/aromatic N) is 1. The minimum absolute atomic E-state index is 0.0108. The predicted octanol–water partition coefficient (Wildman–Crippen LogP) is 2.42. The van der Waals surface area contributed by atoms with E-state index in [1.165, 1.54) is 0 Å². The van der Waals surface area contributed by atoms with Gasteiger partial charge in [0, 0.05) is 10.9 Å². The Morgan fingerprint density at radius 1 is 1.10 bits per heavy atom. The molecule has 0 atom stereocenters. The first-order valence-electron chi connectivity index (χ1n) is 6.64. The molecule has 0 saturated heterocycles. The molecular weight excluding hydrogens is 280 g/mol. The minimum Gasteiger partial charge on any atom is -0.320 e. The van der Waals surface area contributed by atoms with E-state index in [1.54, 1.807) is 22.0 Å². The largest absolute Gasteiger partial charge is 0.320 e. The Bertz CT molecular complexity index is 896. The highest BCUT2D eigenvalue weighted by molar-refractivity contribution is 7.12. The average molecular weight is 294 g/mol. The second kappa shape index (κ2) is 5.96. The topological polar surface area (TPSA) is 48.0 Å². The number of aromatic nitrogens is 1. The van der Waals surface area contributed by atoms with Crippen molar-refractivity contribution in [3.63, 3.8) is 0 Å². The fraction of sp³-hybridized carbons (Fsp3) is 0.118. The zero-order valence-electron chi connectivity index (χ0n) is 11.4. The molecule has 2 aromatic heterocycles. The fourth-order valence-corrected chi connectivity index (χ4v) is 3.10. The SMILES string of the molecule is NCC#Cc1ccc(Cn2c(=O)ccc3ccccc32)s1. The highest BCUT2D eigenvalue weighted by Gasteiger charge is 2.05. The molecule has 0 aliphatic heterocycles. The van der Waals surface area contributed by atoms with E-state index in [1.807, 2.05) is 42.5 Å². The predicted molar refractivity (Wildman–Crippen MR) is 87.6 cm³/mol. The molecule has 0 radical (unpaired) electrons. The van der Waals surface area contributed by atoms with Crippen molar-refractivity contribution in [2.75, 3.05) is 6.54 Å². The molecule has 0 unspecified atom stereocenters. The molecule has 0 aliphatic carbocycles. The Morgan fingerprint density at radius 2 is 1.95 bits per heavy atom. The van der Waals surface area contributed by atoms with E-state index in [0.29, 0.717) is 13.1 Å². The Labute approximate surface area is 126 Å². The molecule has 3 rings (SSSR count). The van der Waals surface area contributed by atoms with Crippen molar-refractivity contribution in [1.29, 1.82) is 0 Å². The third kappa shape index (κ3) is 2.89. The van der Waals surface area contributed by atoms with Crippen molar-refractivity contribution in [3.05, 3.63) is 68.6 Å². The molecule has 2 heterocycles. The van der Waals surface area contributed by atoms with Crippen molar-refractivity contribution in [3.8, 4) is 11.8 Å². The van der Waals surface area contributed by atoms with Crippen molar-refractivity contribution in [2.24, 2.45) is 5.73 Å². The molecule has 4 heteroatoms. The maximum absolute atomic E-state index is 12.1. The van der Waals surface area contributed by atoms with Crippen LogP contribution in [0.3, 0.4) is 0 Å². The molecule has 0 aliphatic rings. The zero-order chi connectivity index (χ0) is 14.7. The number of pyridine rings is 1. The number of nitrogens with two attached hydrogens (primary N) is 1. The second-order valence-corrected chi connectivity index (χ2v) is 5.76. The van der Waals surface area contributed by atoms with E-state index >= 15 is 0 Å². The van der Waals surface area contributed by atoms with E-state index in [-0.39, 0.29) is 5.56 Å². The number of hydrogen-bond acceptors (Lipinski definition) is 3. The smallest absolute Gasteiger partial charge is 0.251 e. The lowest BCUT2D eigenvalue weighted by Crippen LogP contribution is -2.19. The van der Waals surface area contributed by atoms with Crippen molar-refractivity contribution >= 4 is 22.2 Å². The Balaban J connectivity index is 2.00. The number of fused-ring (bicyclic) bond motifs is 1. The fourth-order valence-electron chi connectivity index (χ4n) is 2.23. The van der Waals surface area contributed by atoms with Gasteiger partial charge in [-0.05, 0) is 29.7 Å².